The van der Waals surface area contributed by atoms with Crippen molar-refractivity contribution < 1.29 is 10.2 Å². The molecular formula is C14H24O2S2. The number of aliphatic hydroxyl groups excluding tert-OH is 2. The van der Waals surface area contributed by atoms with Gasteiger partial charge in [-0.2, -0.15) is 0 Å². The maximum Gasteiger partial charge on any atom is 0.0886 e. The van der Waals surface area contributed by atoms with Crippen LogP contribution in [0.4, 0.5) is 0 Å². The first-order valence-electron chi connectivity index (χ1n) is 7.07. The van der Waals surface area contributed by atoms with Crippen molar-refractivity contribution in [1.29, 1.82) is 0 Å². The molecule has 4 fully saturated rings. The van der Waals surface area contributed by atoms with Crippen LogP contribution in [0.1, 0.15) is 38.5 Å². The fourth-order valence-electron chi connectivity index (χ4n) is 5.51. The normalized spacial score (nSPS) is 45.7. The zero-order valence-electron chi connectivity index (χ0n) is 10.9. The fourth-order valence-corrected chi connectivity index (χ4v) is 7.24. The summed E-state index contributed by atoms with van der Waals surface area (Å²) in [6.07, 6.45) is 8.43. The molecule has 0 aliphatic heterocycles. The molecule has 0 unspecified atom stereocenters. The van der Waals surface area contributed by atoms with E-state index in [1.165, 1.54) is 38.5 Å². The molecule has 0 aromatic carbocycles. The number of rotatable bonds is 6. The first kappa shape index (κ1) is 13.6. The van der Waals surface area contributed by atoms with Crippen LogP contribution in [0.3, 0.4) is 0 Å². The average Bonchev–Trinajstić information content (AvgIpc) is 2.32. The minimum absolute atomic E-state index is 0.273. The van der Waals surface area contributed by atoms with Gasteiger partial charge in [0.1, 0.15) is 0 Å². The molecule has 0 amide bonds. The molecule has 4 heteroatoms. The van der Waals surface area contributed by atoms with Crippen LogP contribution in [0.5, 0.6) is 0 Å². The minimum atomic E-state index is 0.273. The molecule has 0 spiro atoms. The van der Waals surface area contributed by atoms with Crippen molar-refractivity contribution in [3.8, 4) is 0 Å². The third-order valence-electron chi connectivity index (χ3n) is 5.30. The van der Waals surface area contributed by atoms with Crippen LogP contribution < -0.4 is 0 Å². The summed E-state index contributed by atoms with van der Waals surface area (Å²) in [6.45, 7) is 0. The summed E-state index contributed by atoms with van der Waals surface area (Å²) in [5, 5.41) is 18.2. The second-order valence-electron chi connectivity index (χ2n) is 6.92. The molecule has 104 valence electrons. The van der Waals surface area contributed by atoms with Gasteiger partial charge in [0.25, 0.3) is 0 Å². The summed E-state index contributed by atoms with van der Waals surface area (Å²) in [5.41, 5.74) is 1.04. The molecule has 4 aliphatic carbocycles. The summed E-state index contributed by atoms with van der Waals surface area (Å²) >= 11 is 3.44. The molecule has 4 bridgehead atoms. The van der Waals surface area contributed by atoms with Crippen LogP contribution in [-0.4, -0.2) is 33.6 Å². The van der Waals surface area contributed by atoms with E-state index >= 15 is 0 Å². The highest BCUT2D eigenvalue weighted by Gasteiger charge is 2.57. The Morgan fingerprint density at radius 2 is 1.28 bits per heavy atom. The van der Waals surface area contributed by atoms with Gasteiger partial charge in [-0.15, -0.1) is 23.5 Å². The van der Waals surface area contributed by atoms with Gasteiger partial charge in [-0.25, -0.2) is 0 Å². The summed E-state index contributed by atoms with van der Waals surface area (Å²) in [6, 6.07) is 0. The summed E-state index contributed by atoms with van der Waals surface area (Å²) < 4.78 is 0. The third kappa shape index (κ3) is 2.46. The largest absolute Gasteiger partial charge is 0.386 e. The highest BCUT2D eigenvalue weighted by molar-refractivity contribution is 7.99. The molecule has 4 rings (SSSR count). The Morgan fingerprint density at radius 1 is 0.833 bits per heavy atom. The zero-order chi connectivity index (χ0) is 12.6. The van der Waals surface area contributed by atoms with E-state index in [-0.39, 0.29) is 11.9 Å². The molecule has 4 saturated carbocycles. The van der Waals surface area contributed by atoms with Crippen LogP contribution >= 0.6 is 23.5 Å². The smallest absolute Gasteiger partial charge is 0.0886 e. The van der Waals surface area contributed by atoms with Crippen molar-refractivity contribution in [3.05, 3.63) is 0 Å². The number of aliphatic hydroxyl groups is 2. The highest BCUT2D eigenvalue weighted by atomic mass is 32.2. The van der Waals surface area contributed by atoms with E-state index in [1.54, 1.807) is 23.5 Å². The lowest BCUT2D eigenvalue weighted by atomic mass is 9.45. The average molecular weight is 288 g/mol. The number of thioether (sulfide) groups is 2. The molecule has 4 aliphatic rings. The van der Waals surface area contributed by atoms with Gasteiger partial charge in [0.15, 0.2) is 0 Å². The Balaban J connectivity index is 1.75. The molecule has 18 heavy (non-hydrogen) atoms. The van der Waals surface area contributed by atoms with E-state index in [2.05, 4.69) is 0 Å². The molecule has 0 aromatic heterocycles. The quantitative estimate of drug-likeness (QED) is 0.737. The van der Waals surface area contributed by atoms with Gasteiger partial charge in [-0.1, -0.05) is 0 Å². The summed E-state index contributed by atoms with van der Waals surface area (Å²) in [4.78, 5) is 0. The van der Waals surface area contributed by atoms with Gasteiger partial charge in [0, 0.05) is 11.5 Å². The highest BCUT2D eigenvalue weighted by Crippen LogP contribution is 2.66. The zero-order valence-corrected chi connectivity index (χ0v) is 12.6. The van der Waals surface area contributed by atoms with E-state index < -0.39 is 0 Å². The maximum absolute atomic E-state index is 9.10. The second-order valence-corrected chi connectivity index (χ2v) is 8.83. The van der Waals surface area contributed by atoms with Crippen LogP contribution in [0.15, 0.2) is 0 Å². The Bertz CT molecular complexity index is 268. The molecular weight excluding hydrogens is 264 g/mol. The lowest BCUT2D eigenvalue weighted by Gasteiger charge is -2.62. The number of hydrogen-bond acceptors (Lipinski definition) is 4. The van der Waals surface area contributed by atoms with E-state index in [1.807, 2.05) is 0 Å². The lowest BCUT2D eigenvalue weighted by Crippen LogP contribution is -2.53. The van der Waals surface area contributed by atoms with Crippen molar-refractivity contribution in [2.24, 2.45) is 22.7 Å². The van der Waals surface area contributed by atoms with Gasteiger partial charge < -0.3 is 10.2 Å². The topological polar surface area (TPSA) is 40.5 Å². The Labute approximate surface area is 118 Å². The molecule has 0 atom stereocenters. The standard InChI is InChI=1S/C14H24O2S2/c15-9-17-7-13-2-11-1-12(4-13)5-14(3-11,6-13)8-18-10-16/h11-12,15-16H,1-10H2. The van der Waals surface area contributed by atoms with Crippen LogP contribution in [0, 0.1) is 22.7 Å². The summed E-state index contributed by atoms with van der Waals surface area (Å²) in [7, 11) is 0. The molecule has 2 nitrogen and oxygen atoms in total. The van der Waals surface area contributed by atoms with Crippen LogP contribution in [0.25, 0.3) is 0 Å². The van der Waals surface area contributed by atoms with Crippen molar-refractivity contribution in [2.75, 3.05) is 23.4 Å². The molecule has 0 saturated heterocycles. The van der Waals surface area contributed by atoms with Crippen molar-refractivity contribution in [3.63, 3.8) is 0 Å². The third-order valence-corrected chi connectivity index (χ3v) is 7.30. The molecule has 0 aromatic rings. The second kappa shape index (κ2) is 5.19. The van der Waals surface area contributed by atoms with Gasteiger partial charge >= 0.3 is 0 Å². The monoisotopic (exact) mass is 288 g/mol. The van der Waals surface area contributed by atoms with E-state index in [0.717, 1.165) is 23.3 Å². The van der Waals surface area contributed by atoms with Gasteiger partial charge in [0.05, 0.1) is 11.9 Å². The van der Waals surface area contributed by atoms with Crippen LogP contribution in [0.2, 0.25) is 0 Å². The van der Waals surface area contributed by atoms with Gasteiger partial charge in [-0.3, -0.25) is 0 Å². The maximum atomic E-state index is 9.10. The molecule has 0 heterocycles. The lowest BCUT2D eigenvalue weighted by molar-refractivity contribution is -0.0871. The Morgan fingerprint density at radius 3 is 1.67 bits per heavy atom. The predicted octanol–water partition coefficient (Wildman–Crippen LogP) is 2.94. The van der Waals surface area contributed by atoms with Crippen LogP contribution in [-0.2, 0) is 0 Å². The summed E-state index contributed by atoms with van der Waals surface area (Å²) in [5.74, 6) is 4.73. The van der Waals surface area contributed by atoms with Crippen molar-refractivity contribution in [1.82, 2.24) is 0 Å². The van der Waals surface area contributed by atoms with Gasteiger partial charge in [0.2, 0.25) is 0 Å². The van der Waals surface area contributed by atoms with E-state index in [9.17, 15) is 0 Å². The van der Waals surface area contributed by atoms with Crippen molar-refractivity contribution >= 4 is 23.5 Å². The first-order chi connectivity index (χ1) is 8.69. The van der Waals surface area contributed by atoms with Crippen molar-refractivity contribution in [2.45, 2.75) is 38.5 Å². The predicted molar refractivity (Wildman–Crippen MR) is 78.6 cm³/mol. The fraction of sp³-hybridized carbons (Fsp3) is 1.00. The van der Waals surface area contributed by atoms with E-state index in [0.29, 0.717) is 10.8 Å². The minimum Gasteiger partial charge on any atom is -0.386 e. The Hall–Kier alpha value is 0.620. The van der Waals surface area contributed by atoms with Gasteiger partial charge in [-0.05, 0) is 61.2 Å². The Kier molecular flexibility index (Phi) is 3.92. The molecule has 0 radical (unpaired) electrons. The number of hydrogen-bond donors (Lipinski definition) is 2. The first-order valence-corrected chi connectivity index (χ1v) is 9.37. The van der Waals surface area contributed by atoms with E-state index in [4.69, 9.17) is 10.2 Å². The SMILES string of the molecule is OCSCC12CC3CC(C1)CC(CSCO)(C3)C2. The molecule has 2 N–H and O–H groups in total.